The molecule has 37 heavy (non-hydrogen) atoms. The Morgan fingerprint density at radius 3 is 2.49 bits per heavy atom. The van der Waals surface area contributed by atoms with Crippen LogP contribution in [0.15, 0.2) is 94.9 Å². The molecule has 1 heterocycles. The van der Waals surface area contributed by atoms with Crippen LogP contribution in [0.4, 0.5) is 11.4 Å². The van der Waals surface area contributed by atoms with Crippen LogP contribution in [-0.2, 0) is 21.4 Å². The number of fused-ring (bicyclic) bond motifs is 2. The van der Waals surface area contributed by atoms with E-state index < -0.39 is 10.0 Å². The number of sulfonamides is 1. The van der Waals surface area contributed by atoms with Crippen molar-refractivity contribution in [2.75, 3.05) is 9.91 Å². The summed E-state index contributed by atoms with van der Waals surface area (Å²) in [5, 5.41) is 13.3. The van der Waals surface area contributed by atoms with Gasteiger partial charge in [-0.25, -0.2) is 18.6 Å². The highest BCUT2D eigenvalue weighted by atomic mass is 35.5. The van der Waals surface area contributed by atoms with Crippen LogP contribution in [0.2, 0.25) is 5.02 Å². The number of halogens is 1. The Morgan fingerprint density at radius 1 is 1.00 bits per heavy atom. The molecule has 0 bridgehead atoms. The minimum atomic E-state index is -3.99. The average molecular weight is 550 g/mol. The number of anilines is 2. The number of primary sulfonamides is 1. The second kappa shape index (κ2) is 9.56. The van der Waals surface area contributed by atoms with Gasteiger partial charge in [0.25, 0.3) is 5.91 Å². The summed E-state index contributed by atoms with van der Waals surface area (Å²) in [6.07, 6.45) is 0. The molecule has 4 aromatic carbocycles. The molecular weight excluding hydrogens is 530 g/mol. The molecule has 11 heteroatoms. The summed E-state index contributed by atoms with van der Waals surface area (Å²) in [7, 11) is -3.99. The van der Waals surface area contributed by atoms with Gasteiger partial charge in [-0.3, -0.25) is 4.79 Å². The van der Waals surface area contributed by atoms with E-state index in [1.54, 1.807) is 29.2 Å². The second-order valence-electron chi connectivity index (χ2n) is 8.33. The number of thiocarbonyl (C=S) groups is 1. The summed E-state index contributed by atoms with van der Waals surface area (Å²) in [6, 6.07) is 24.6. The monoisotopic (exact) mass is 549 g/mol. The first-order chi connectivity index (χ1) is 17.6. The number of nitrogens with zero attached hydrogens (tertiary/aromatic N) is 3. The molecule has 0 saturated heterocycles. The highest BCUT2D eigenvalue weighted by molar-refractivity contribution is 7.89. The average Bonchev–Trinajstić information content (AvgIpc) is 3.11. The zero-order valence-electron chi connectivity index (χ0n) is 19.2. The Kier molecular flexibility index (Phi) is 6.42. The van der Waals surface area contributed by atoms with Crippen LogP contribution in [-0.4, -0.2) is 25.1 Å². The highest BCUT2D eigenvalue weighted by Gasteiger charge is 2.35. The summed E-state index contributed by atoms with van der Waals surface area (Å²) in [5.74, 6) is -0.381. The Hall–Kier alpha value is -3.83. The van der Waals surface area contributed by atoms with Gasteiger partial charge in [0, 0.05) is 10.6 Å². The summed E-state index contributed by atoms with van der Waals surface area (Å²) in [5.41, 5.74) is 8.34. The van der Waals surface area contributed by atoms with Crippen molar-refractivity contribution >= 4 is 72.7 Å². The van der Waals surface area contributed by atoms with Crippen LogP contribution in [0.5, 0.6) is 0 Å². The van der Waals surface area contributed by atoms with E-state index in [0.29, 0.717) is 16.3 Å². The molecule has 0 unspecified atom stereocenters. The lowest BCUT2D eigenvalue weighted by Gasteiger charge is -2.19. The second-order valence-corrected chi connectivity index (χ2v) is 10.7. The number of nitrogens with two attached hydrogens (primary N) is 2. The zero-order chi connectivity index (χ0) is 26.3. The first-order valence-corrected chi connectivity index (χ1v) is 13.4. The third-order valence-electron chi connectivity index (χ3n) is 5.96. The van der Waals surface area contributed by atoms with E-state index >= 15 is 0 Å². The smallest absolute Gasteiger partial charge is 0.279 e. The molecule has 0 fully saturated rings. The molecule has 0 radical (unpaired) electrons. The summed E-state index contributed by atoms with van der Waals surface area (Å²) >= 11 is 11.5. The first kappa shape index (κ1) is 24.8. The lowest BCUT2D eigenvalue weighted by atomic mass is 10.0. The van der Waals surface area contributed by atoms with Crippen LogP contribution >= 0.6 is 23.8 Å². The van der Waals surface area contributed by atoms with Crippen molar-refractivity contribution in [1.82, 2.24) is 0 Å². The Morgan fingerprint density at radius 2 is 1.73 bits per heavy atom. The van der Waals surface area contributed by atoms with Gasteiger partial charge in [-0.2, -0.15) is 5.10 Å². The van der Waals surface area contributed by atoms with Crippen LogP contribution in [0.3, 0.4) is 0 Å². The molecule has 186 valence electrons. The fourth-order valence-electron chi connectivity index (χ4n) is 4.26. The predicted octanol–water partition coefficient (Wildman–Crippen LogP) is 4.14. The minimum absolute atomic E-state index is 0.0840. The van der Waals surface area contributed by atoms with Crippen molar-refractivity contribution < 1.29 is 13.2 Å². The van der Waals surface area contributed by atoms with Crippen molar-refractivity contribution in [2.24, 2.45) is 16.0 Å². The molecule has 0 atom stereocenters. The minimum Gasteiger partial charge on any atom is -0.374 e. The van der Waals surface area contributed by atoms with Gasteiger partial charge in [-0.05, 0) is 65.0 Å². The molecule has 0 saturated carbocycles. The number of rotatable bonds is 5. The number of carbonyl (C=O) groups is 1. The molecule has 0 spiro atoms. The van der Waals surface area contributed by atoms with Crippen molar-refractivity contribution in [2.45, 2.75) is 11.4 Å². The quantitative estimate of drug-likeness (QED) is 0.285. The van der Waals surface area contributed by atoms with Crippen molar-refractivity contribution in [3.8, 4) is 0 Å². The fraction of sp³-hybridized carbons (Fsp3) is 0.0385. The van der Waals surface area contributed by atoms with Gasteiger partial charge >= 0.3 is 0 Å². The molecule has 4 N–H and O–H groups in total. The van der Waals surface area contributed by atoms with Gasteiger partial charge in [0.15, 0.2) is 10.8 Å². The Bertz CT molecular complexity index is 1720. The normalized spacial score (nSPS) is 14.3. The predicted molar refractivity (Wildman–Crippen MR) is 150 cm³/mol. The molecular formula is C26H20ClN5O3S2. The molecule has 0 aliphatic carbocycles. The maximum absolute atomic E-state index is 13.8. The molecule has 5 rings (SSSR count). The van der Waals surface area contributed by atoms with Crippen molar-refractivity contribution in [3.05, 3.63) is 101 Å². The van der Waals surface area contributed by atoms with Crippen molar-refractivity contribution in [3.63, 3.8) is 0 Å². The summed E-state index contributed by atoms with van der Waals surface area (Å²) in [6.45, 7) is 0.278. The Balaban J connectivity index is 1.61. The van der Waals surface area contributed by atoms with Gasteiger partial charge < -0.3 is 10.6 Å². The van der Waals surface area contributed by atoms with E-state index in [1.807, 2.05) is 42.5 Å². The molecule has 1 aliphatic rings. The van der Waals surface area contributed by atoms with Crippen LogP contribution in [0.1, 0.15) is 11.1 Å². The number of hydrogen-bond donors (Lipinski definition) is 2. The molecule has 1 amide bonds. The number of hydrogen-bond acceptors (Lipinski definition) is 5. The third kappa shape index (κ3) is 4.79. The number of hydrazone groups is 1. The first-order valence-electron chi connectivity index (χ1n) is 11.0. The van der Waals surface area contributed by atoms with E-state index in [4.69, 9.17) is 34.7 Å². The Labute approximate surface area is 223 Å². The van der Waals surface area contributed by atoms with Gasteiger partial charge in [0.05, 0.1) is 22.8 Å². The number of amides is 1. The van der Waals surface area contributed by atoms with E-state index in [9.17, 15) is 13.2 Å². The lowest BCUT2D eigenvalue weighted by molar-refractivity contribution is -0.112. The van der Waals surface area contributed by atoms with E-state index in [1.165, 1.54) is 18.2 Å². The fourth-order valence-corrected chi connectivity index (χ4v) is 5.13. The van der Waals surface area contributed by atoms with E-state index in [2.05, 4.69) is 5.10 Å². The molecule has 4 aromatic rings. The SMILES string of the molecule is NC(=S)N(/N=C1\C(=O)N(Cc2cccc3ccccc23)c2cc(Cl)ccc21)c1cccc(S(N)(=O)=O)c1. The standard InChI is InChI=1S/C26H20ClN5O3S2/c27-18-11-12-22-23(13-18)31(15-17-7-3-6-16-5-1-2-10-21(16)17)25(33)24(22)30-32(26(28)36)19-8-4-9-20(14-19)37(29,34)35/h1-14H,15H2,(H2,28,36)(H2,29,34,35)/b30-24-. The van der Waals surface area contributed by atoms with Crippen LogP contribution in [0.25, 0.3) is 10.8 Å². The molecule has 1 aliphatic heterocycles. The summed E-state index contributed by atoms with van der Waals surface area (Å²) in [4.78, 5) is 15.2. The largest absolute Gasteiger partial charge is 0.374 e. The van der Waals surface area contributed by atoms with Gasteiger partial charge in [-0.15, -0.1) is 0 Å². The van der Waals surface area contributed by atoms with E-state index in [0.717, 1.165) is 21.3 Å². The number of benzene rings is 4. The van der Waals surface area contributed by atoms with Gasteiger partial charge in [0.2, 0.25) is 10.0 Å². The highest BCUT2D eigenvalue weighted by Crippen LogP contribution is 2.35. The maximum atomic E-state index is 13.8. The lowest BCUT2D eigenvalue weighted by Crippen LogP contribution is -2.35. The maximum Gasteiger partial charge on any atom is 0.279 e. The summed E-state index contributed by atoms with van der Waals surface area (Å²) < 4.78 is 23.7. The molecule has 8 nitrogen and oxygen atoms in total. The van der Waals surface area contributed by atoms with Gasteiger partial charge in [-0.1, -0.05) is 60.1 Å². The van der Waals surface area contributed by atoms with Crippen molar-refractivity contribution in [1.29, 1.82) is 0 Å². The van der Waals surface area contributed by atoms with Gasteiger partial charge in [0.1, 0.15) is 0 Å². The topological polar surface area (TPSA) is 122 Å². The zero-order valence-corrected chi connectivity index (χ0v) is 21.6. The third-order valence-corrected chi connectivity index (χ3v) is 7.28. The van der Waals surface area contributed by atoms with E-state index in [-0.39, 0.29) is 33.9 Å². The molecule has 0 aromatic heterocycles. The van der Waals surface area contributed by atoms with Crippen LogP contribution in [0, 0.1) is 0 Å². The van der Waals surface area contributed by atoms with Crippen LogP contribution < -0.4 is 20.8 Å². The number of carbonyl (C=O) groups excluding carboxylic acids is 1.